The number of morpholine rings is 2. The summed E-state index contributed by atoms with van der Waals surface area (Å²) in [6, 6.07) is 0.0884. The first-order chi connectivity index (χ1) is 15.1. The highest BCUT2D eigenvalue weighted by molar-refractivity contribution is 7.54. The Bertz CT molecular complexity index is 638. The van der Waals surface area contributed by atoms with Crippen LogP contribution >= 0.6 is 7.67 Å². The molecule has 0 saturated carbocycles. The quantitative estimate of drug-likeness (QED) is 0.360. The second kappa shape index (κ2) is 11.6. The molecule has 0 radical (unpaired) electrons. The molecule has 3 fully saturated rings. The number of piperazine rings is 1. The van der Waals surface area contributed by atoms with Gasteiger partial charge in [0.1, 0.15) is 15.7 Å². The molecule has 0 aromatic rings. The second-order valence-corrected chi connectivity index (χ2v) is 12.6. The standard InChI is InChI=1S/C20H43B2N4O5P/c1-5-28-14-17-11-26(13-19(22)31-17)32(27,25-8-6-23-7-9-25)29-15-16-10-24(20(2,3)4)12-18(21)30-16/h16-19,23H,5-15,21-22H2,1-4H3. The van der Waals surface area contributed by atoms with Crippen molar-refractivity contribution in [1.29, 1.82) is 0 Å². The molecule has 12 heteroatoms. The van der Waals surface area contributed by atoms with E-state index in [9.17, 15) is 4.57 Å². The number of hydrogen-bond donors (Lipinski definition) is 1. The summed E-state index contributed by atoms with van der Waals surface area (Å²) in [5.41, 5.74) is 0.0602. The van der Waals surface area contributed by atoms with Crippen molar-refractivity contribution < 1.29 is 23.3 Å². The van der Waals surface area contributed by atoms with Gasteiger partial charge in [0.05, 0.1) is 25.4 Å². The van der Waals surface area contributed by atoms with Crippen LogP contribution in [0.1, 0.15) is 27.7 Å². The average molecular weight is 472 g/mol. The third-order valence-corrected chi connectivity index (χ3v) is 8.97. The molecule has 3 saturated heterocycles. The third kappa shape index (κ3) is 7.03. The Kier molecular flexibility index (Phi) is 9.70. The number of hydrogen-bond acceptors (Lipinski definition) is 7. The predicted molar refractivity (Wildman–Crippen MR) is 132 cm³/mol. The summed E-state index contributed by atoms with van der Waals surface area (Å²) in [6.07, 6.45) is -0.215. The monoisotopic (exact) mass is 472 g/mol. The fourth-order valence-electron chi connectivity index (χ4n) is 4.68. The van der Waals surface area contributed by atoms with E-state index in [1.165, 1.54) is 0 Å². The van der Waals surface area contributed by atoms with Gasteiger partial charge in [0, 0.05) is 76.5 Å². The van der Waals surface area contributed by atoms with Gasteiger partial charge in [0.15, 0.2) is 0 Å². The van der Waals surface area contributed by atoms with Gasteiger partial charge < -0.3 is 24.1 Å². The highest BCUT2D eigenvalue weighted by Gasteiger charge is 2.44. The van der Waals surface area contributed by atoms with E-state index in [-0.39, 0.29) is 29.8 Å². The van der Waals surface area contributed by atoms with Crippen LogP contribution < -0.4 is 5.32 Å². The van der Waals surface area contributed by atoms with Crippen LogP contribution in [0.4, 0.5) is 0 Å². The van der Waals surface area contributed by atoms with Crippen molar-refractivity contribution in [3.05, 3.63) is 0 Å². The minimum absolute atomic E-state index is 0.0311. The molecule has 0 spiro atoms. The van der Waals surface area contributed by atoms with Crippen molar-refractivity contribution in [1.82, 2.24) is 19.6 Å². The van der Waals surface area contributed by atoms with Gasteiger partial charge in [0.25, 0.3) is 0 Å². The summed E-state index contributed by atoms with van der Waals surface area (Å²) >= 11 is 0. The fraction of sp³-hybridized carbons (Fsp3) is 1.00. The highest BCUT2D eigenvalue weighted by Crippen LogP contribution is 2.55. The van der Waals surface area contributed by atoms with Crippen molar-refractivity contribution in [2.24, 2.45) is 0 Å². The topological polar surface area (TPSA) is 75.7 Å². The zero-order chi connectivity index (χ0) is 23.4. The van der Waals surface area contributed by atoms with E-state index in [1.807, 2.05) is 24.1 Å². The second-order valence-electron chi connectivity index (χ2n) is 10.2. The lowest BCUT2D eigenvalue weighted by molar-refractivity contribution is -0.0945. The summed E-state index contributed by atoms with van der Waals surface area (Å²) in [7, 11) is 0.897. The highest BCUT2D eigenvalue weighted by atomic mass is 31.2. The molecule has 3 rings (SSSR count). The van der Waals surface area contributed by atoms with Crippen LogP contribution in [0, 0.1) is 0 Å². The molecule has 0 bridgehead atoms. The molecule has 0 aliphatic carbocycles. The number of rotatable bonds is 8. The SMILES string of the molecule is BC1CN(C(C)(C)C)CC(COP(=O)(N2CCNCC2)N2CC(B)OC(COCC)C2)O1. The van der Waals surface area contributed by atoms with Crippen LogP contribution in [0.3, 0.4) is 0 Å². The van der Waals surface area contributed by atoms with E-state index in [4.69, 9.17) is 18.7 Å². The van der Waals surface area contributed by atoms with Crippen molar-refractivity contribution in [2.75, 3.05) is 72.2 Å². The Balaban J connectivity index is 1.73. The van der Waals surface area contributed by atoms with E-state index in [0.29, 0.717) is 46.0 Å². The number of nitrogens with zero attached hydrogens (tertiary/aromatic N) is 3. The molecule has 0 aromatic heterocycles. The van der Waals surface area contributed by atoms with Gasteiger partial charge in [0.2, 0.25) is 0 Å². The van der Waals surface area contributed by atoms with Crippen LogP contribution in [0.2, 0.25) is 0 Å². The Hall–Kier alpha value is 0.0399. The molecule has 3 aliphatic heterocycles. The lowest BCUT2D eigenvalue weighted by Gasteiger charge is -2.46. The van der Waals surface area contributed by atoms with E-state index in [1.54, 1.807) is 0 Å². The van der Waals surface area contributed by atoms with Gasteiger partial charge in [-0.2, -0.15) is 0 Å². The van der Waals surface area contributed by atoms with Crippen LogP contribution in [0.15, 0.2) is 0 Å². The van der Waals surface area contributed by atoms with Crippen molar-refractivity contribution in [3.8, 4) is 0 Å². The van der Waals surface area contributed by atoms with Gasteiger partial charge in [-0.15, -0.1) is 0 Å². The van der Waals surface area contributed by atoms with Crippen LogP contribution in [0.25, 0.3) is 0 Å². The van der Waals surface area contributed by atoms with Crippen LogP contribution in [-0.2, 0) is 23.3 Å². The van der Waals surface area contributed by atoms with Crippen molar-refractivity contribution >= 4 is 23.4 Å². The molecular formula is C20H43B2N4O5P. The summed E-state index contributed by atoms with van der Waals surface area (Å²) in [6.45, 7) is 15.9. The lowest BCUT2D eigenvalue weighted by Crippen LogP contribution is -2.56. The molecule has 9 nitrogen and oxygen atoms in total. The molecule has 3 heterocycles. The van der Waals surface area contributed by atoms with Gasteiger partial charge in [-0.3, -0.25) is 9.46 Å². The smallest absolute Gasteiger partial charge is 0.346 e. The first-order valence-corrected chi connectivity index (χ1v) is 13.7. The maximum Gasteiger partial charge on any atom is 0.346 e. The minimum atomic E-state index is -3.23. The normalized spacial score (nSPS) is 33.8. The molecule has 184 valence electrons. The zero-order valence-corrected chi connectivity index (χ0v) is 21.8. The van der Waals surface area contributed by atoms with Crippen molar-refractivity contribution in [2.45, 2.75) is 57.4 Å². The first kappa shape index (κ1) is 26.6. The van der Waals surface area contributed by atoms with Crippen molar-refractivity contribution in [3.63, 3.8) is 0 Å². The summed E-state index contributed by atoms with van der Waals surface area (Å²) < 4.78 is 42.8. The third-order valence-electron chi connectivity index (χ3n) is 6.33. The first-order valence-electron chi connectivity index (χ1n) is 12.2. The van der Waals surface area contributed by atoms with E-state index in [2.05, 4.69) is 38.8 Å². The number of ether oxygens (including phenoxy) is 3. The van der Waals surface area contributed by atoms with Gasteiger partial charge >= 0.3 is 7.67 Å². The average Bonchev–Trinajstić information content (AvgIpc) is 2.75. The largest absolute Gasteiger partial charge is 0.379 e. The van der Waals surface area contributed by atoms with Crippen LogP contribution in [0.5, 0.6) is 0 Å². The van der Waals surface area contributed by atoms with Crippen LogP contribution in [-0.4, -0.2) is 132 Å². The number of nitrogens with one attached hydrogen (secondary N) is 1. The Morgan fingerprint density at radius 3 is 2.22 bits per heavy atom. The predicted octanol–water partition coefficient (Wildman–Crippen LogP) is -0.829. The Morgan fingerprint density at radius 1 is 0.969 bits per heavy atom. The zero-order valence-electron chi connectivity index (χ0n) is 20.9. The molecule has 1 N–H and O–H groups in total. The molecule has 0 amide bonds. The maximum absolute atomic E-state index is 14.5. The molecule has 5 unspecified atom stereocenters. The molecule has 3 aliphatic rings. The van der Waals surface area contributed by atoms with Gasteiger partial charge in [-0.05, 0) is 27.7 Å². The Labute approximate surface area is 196 Å². The van der Waals surface area contributed by atoms with E-state index < -0.39 is 7.67 Å². The maximum atomic E-state index is 14.5. The minimum Gasteiger partial charge on any atom is -0.379 e. The van der Waals surface area contributed by atoms with Gasteiger partial charge in [-0.25, -0.2) is 9.34 Å². The molecular weight excluding hydrogens is 429 g/mol. The lowest BCUT2D eigenvalue weighted by atomic mass is 9.94. The molecule has 5 atom stereocenters. The van der Waals surface area contributed by atoms with Gasteiger partial charge in [-0.1, -0.05) is 0 Å². The summed E-state index contributed by atoms with van der Waals surface area (Å²) in [5.74, 6) is 0. The molecule has 0 aromatic carbocycles. The fourth-order valence-corrected chi connectivity index (χ4v) is 7.26. The van der Waals surface area contributed by atoms with E-state index in [0.717, 1.165) is 26.2 Å². The molecule has 32 heavy (non-hydrogen) atoms. The van der Waals surface area contributed by atoms with E-state index >= 15 is 0 Å². The summed E-state index contributed by atoms with van der Waals surface area (Å²) in [4.78, 5) is 2.43. The Morgan fingerprint density at radius 2 is 1.59 bits per heavy atom. The summed E-state index contributed by atoms with van der Waals surface area (Å²) in [5, 5.41) is 3.36.